The van der Waals surface area contributed by atoms with Gasteiger partial charge in [0.05, 0.1) is 0 Å². The SMILES string of the molecule is CCNCCCNCC(C)CC. The fourth-order valence-corrected chi connectivity index (χ4v) is 1.01. The molecule has 0 bridgehead atoms. The van der Waals surface area contributed by atoms with Gasteiger partial charge in [0, 0.05) is 0 Å². The molecule has 12 heavy (non-hydrogen) atoms. The highest BCUT2D eigenvalue weighted by atomic mass is 14.9. The number of rotatable bonds is 8. The van der Waals surface area contributed by atoms with Crippen LogP contribution in [0.4, 0.5) is 0 Å². The van der Waals surface area contributed by atoms with Gasteiger partial charge in [-0.3, -0.25) is 0 Å². The monoisotopic (exact) mass is 172 g/mol. The molecule has 2 nitrogen and oxygen atoms in total. The molecule has 0 spiro atoms. The van der Waals surface area contributed by atoms with Gasteiger partial charge < -0.3 is 10.6 Å². The molecule has 0 amide bonds. The zero-order chi connectivity index (χ0) is 9.23. The first-order valence-electron chi connectivity index (χ1n) is 5.22. The Morgan fingerprint density at radius 3 is 2.33 bits per heavy atom. The summed E-state index contributed by atoms with van der Waals surface area (Å²) in [7, 11) is 0. The Morgan fingerprint density at radius 2 is 1.75 bits per heavy atom. The van der Waals surface area contributed by atoms with E-state index in [-0.39, 0.29) is 0 Å². The molecule has 0 fully saturated rings. The van der Waals surface area contributed by atoms with Crippen molar-refractivity contribution in [3.63, 3.8) is 0 Å². The summed E-state index contributed by atoms with van der Waals surface area (Å²) in [6.45, 7) is 11.2. The summed E-state index contributed by atoms with van der Waals surface area (Å²) in [5.41, 5.74) is 0. The first-order chi connectivity index (χ1) is 5.81. The van der Waals surface area contributed by atoms with Crippen molar-refractivity contribution in [2.24, 2.45) is 5.92 Å². The average molecular weight is 172 g/mol. The van der Waals surface area contributed by atoms with Crippen LogP contribution in [0.15, 0.2) is 0 Å². The lowest BCUT2D eigenvalue weighted by atomic mass is 10.1. The van der Waals surface area contributed by atoms with Gasteiger partial charge in [-0.2, -0.15) is 0 Å². The van der Waals surface area contributed by atoms with E-state index in [0.29, 0.717) is 0 Å². The first-order valence-corrected chi connectivity index (χ1v) is 5.22. The van der Waals surface area contributed by atoms with Crippen molar-refractivity contribution in [3.05, 3.63) is 0 Å². The Morgan fingerprint density at radius 1 is 1.08 bits per heavy atom. The van der Waals surface area contributed by atoms with Gasteiger partial charge in [-0.25, -0.2) is 0 Å². The minimum Gasteiger partial charge on any atom is -0.317 e. The molecule has 0 heterocycles. The van der Waals surface area contributed by atoms with E-state index >= 15 is 0 Å². The molecule has 0 aliphatic carbocycles. The van der Waals surface area contributed by atoms with Crippen LogP contribution in [-0.4, -0.2) is 26.2 Å². The van der Waals surface area contributed by atoms with Crippen LogP contribution in [0.3, 0.4) is 0 Å². The molecule has 0 rings (SSSR count). The van der Waals surface area contributed by atoms with Crippen LogP contribution in [0, 0.1) is 5.92 Å². The van der Waals surface area contributed by atoms with Crippen molar-refractivity contribution in [2.45, 2.75) is 33.6 Å². The maximum atomic E-state index is 3.45. The van der Waals surface area contributed by atoms with Crippen molar-refractivity contribution >= 4 is 0 Å². The Bertz CT molecular complexity index is 83.9. The highest BCUT2D eigenvalue weighted by molar-refractivity contribution is 4.55. The molecule has 2 N–H and O–H groups in total. The molecular formula is C10H24N2. The van der Waals surface area contributed by atoms with E-state index in [1.165, 1.54) is 19.4 Å². The van der Waals surface area contributed by atoms with Gasteiger partial charge in [0.15, 0.2) is 0 Å². The van der Waals surface area contributed by atoms with Crippen LogP contribution in [0.2, 0.25) is 0 Å². The second-order valence-corrected chi connectivity index (χ2v) is 3.42. The molecule has 1 atom stereocenters. The minimum atomic E-state index is 0.823. The standard InChI is InChI=1S/C10H24N2/c1-4-10(3)9-12-8-6-7-11-5-2/h10-12H,4-9H2,1-3H3. The zero-order valence-electron chi connectivity index (χ0n) is 8.82. The van der Waals surface area contributed by atoms with Crippen LogP contribution in [0.25, 0.3) is 0 Å². The maximum Gasteiger partial charge on any atom is -0.00232 e. The van der Waals surface area contributed by atoms with Gasteiger partial charge in [-0.05, 0) is 38.5 Å². The third-order valence-electron chi connectivity index (χ3n) is 2.15. The van der Waals surface area contributed by atoms with E-state index < -0.39 is 0 Å². The van der Waals surface area contributed by atoms with E-state index in [4.69, 9.17) is 0 Å². The third-order valence-corrected chi connectivity index (χ3v) is 2.15. The summed E-state index contributed by atoms with van der Waals surface area (Å²) in [5, 5.41) is 6.77. The van der Waals surface area contributed by atoms with Crippen molar-refractivity contribution in [3.8, 4) is 0 Å². The maximum absolute atomic E-state index is 3.45. The predicted molar refractivity (Wildman–Crippen MR) is 55.5 cm³/mol. The van der Waals surface area contributed by atoms with Gasteiger partial charge in [-0.1, -0.05) is 27.2 Å². The van der Waals surface area contributed by atoms with E-state index in [1.54, 1.807) is 0 Å². The molecule has 2 heteroatoms. The van der Waals surface area contributed by atoms with E-state index in [2.05, 4.69) is 31.4 Å². The lowest BCUT2D eigenvalue weighted by molar-refractivity contribution is 0.491. The molecule has 74 valence electrons. The normalized spacial score (nSPS) is 13.2. The van der Waals surface area contributed by atoms with E-state index in [9.17, 15) is 0 Å². The van der Waals surface area contributed by atoms with Crippen LogP contribution < -0.4 is 10.6 Å². The fourth-order valence-electron chi connectivity index (χ4n) is 1.01. The number of hydrogen-bond acceptors (Lipinski definition) is 2. The lowest BCUT2D eigenvalue weighted by Gasteiger charge is -2.09. The van der Waals surface area contributed by atoms with Crippen molar-refractivity contribution in [1.29, 1.82) is 0 Å². The van der Waals surface area contributed by atoms with E-state index in [0.717, 1.165) is 25.6 Å². The van der Waals surface area contributed by atoms with Crippen LogP contribution in [0.1, 0.15) is 33.6 Å². The number of hydrogen-bond donors (Lipinski definition) is 2. The van der Waals surface area contributed by atoms with Crippen LogP contribution in [0.5, 0.6) is 0 Å². The van der Waals surface area contributed by atoms with Gasteiger partial charge in [0.25, 0.3) is 0 Å². The molecule has 0 aliphatic heterocycles. The summed E-state index contributed by atoms with van der Waals surface area (Å²) < 4.78 is 0. The summed E-state index contributed by atoms with van der Waals surface area (Å²) in [6, 6.07) is 0. The molecule has 0 aromatic carbocycles. The second kappa shape index (κ2) is 9.01. The first kappa shape index (κ1) is 11.9. The smallest absolute Gasteiger partial charge is 0.00232 e. The van der Waals surface area contributed by atoms with Crippen molar-refractivity contribution < 1.29 is 0 Å². The molecule has 0 aliphatic rings. The summed E-state index contributed by atoms with van der Waals surface area (Å²) in [4.78, 5) is 0. The predicted octanol–water partition coefficient (Wildman–Crippen LogP) is 1.62. The molecule has 0 radical (unpaired) electrons. The highest BCUT2D eigenvalue weighted by Gasteiger charge is 1.95. The topological polar surface area (TPSA) is 24.1 Å². The summed E-state index contributed by atoms with van der Waals surface area (Å²) in [6.07, 6.45) is 2.52. The summed E-state index contributed by atoms with van der Waals surface area (Å²) in [5.74, 6) is 0.823. The van der Waals surface area contributed by atoms with Crippen molar-refractivity contribution in [2.75, 3.05) is 26.2 Å². The van der Waals surface area contributed by atoms with Gasteiger partial charge in [0.1, 0.15) is 0 Å². The van der Waals surface area contributed by atoms with Gasteiger partial charge in [0.2, 0.25) is 0 Å². The molecule has 0 saturated heterocycles. The van der Waals surface area contributed by atoms with Gasteiger partial charge >= 0.3 is 0 Å². The lowest BCUT2D eigenvalue weighted by Crippen LogP contribution is -2.25. The fraction of sp³-hybridized carbons (Fsp3) is 1.00. The Hall–Kier alpha value is -0.0800. The summed E-state index contributed by atoms with van der Waals surface area (Å²) >= 11 is 0. The van der Waals surface area contributed by atoms with Crippen molar-refractivity contribution in [1.82, 2.24) is 10.6 Å². The second-order valence-electron chi connectivity index (χ2n) is 3.42. The molecule has 0 saturated carbocycles. The quantitative estimate of drug-likeness (QED) is 0.544. The molecule has 0 aromatic rings. The van der Waals surface area contributed by atoms with E-state index in [1.807, 2.05) is 0 Å². The third kappa shape index (κ3) is 8.02. The van der Waals surface area contributed by atoms with Crippen LogP contribution in [-0.2, 0) is 0 Å². The van der Waals surface area contributed by atoms with Gasteiger partial charge in [-0.15, -0.1) is 0 Å². The molecule has 1 unspecified atom stereocenters. The van der Waals surface area contributed by atoms with Crippen LogP contribution >= 0.6 is 0 Å². The molecular weight excluding hydrogens is 148 g/mol. The minimum absolute atomic E-state index is 0.823. The Labute approximate surface area is 77.1 Å². The Balaban J connectivity index is 2.90. The largest absolute Gasteiger partial charge is 0.317 e. The Kier molecular flexibility index (Phi) is 8.95. The molecule has 0 aromatic heterocycles. The number of nitrogens with one attached hydrogen (secondary N) is 2. The average Bonchev–Trinajstić information content (AvgIpc) is 2.10. The zero-order valence-corrected chi connectivity index (χ0v) is 8.82. The highest BCUT2D eigenvalue weighted by Crippen LogP contribution is 1.96.